The summed E-state index contributed by atoms with van der Waals surface area (Å²) < 4.78 is 5.08. The predicted octanol–water partition coefficient (Wildman–Crippen LogP) is 3.70. The first-order valence-corrected chi connectivity index (χ1v) is 7.67. The van der Waals surface area contributed by atoms with Crippen LogP contribution in [0.3, 0.4) is 0 Å². The van der Waals surface area contributed by atoms with Crippen molar-refractivity contribution in [2.75, 3.05) is 7.11 Å². The van der Waals surface area contributed by atoms with Crippen LogP contribution in [0.5, 0.6) is 5.75 Å². The Bertz CT molecular complexity index is 819. The lowest BCUT2D eigenvalue weighted by Crippen LogP contribution is -2.08. The van der Waals surface area contributed by atoms with Crippen LogP contribution < -0.4 is 4.74 Å². The lowest BCUT2D eigenvalue weighted by atomic mass is 10.0. The second kappa shape index (κ2) is 7.88. The zero-order valence-corrected chi connectivity index (χ0v) is 13.6. The molecule has 25 heavy (non-hydrogen) atoms. The Morgan fingerprint density at radius 2 is 1.48 bits per heavy atom. The fourth-order valence-electron chi connectivity index (χ4n) is 2.24. The molecule has 0 N–H and O–H groups in total. The number of aromatic nitrogens is 1. The van der Waals surface area contributed by atoms with E-state index < -0.39 is 5.97 Å². The molecule has 0 fully saturated rings. The van der Waals surface area contributed by atoms with Gasteiger partial charge in [-0.15, -0.1) is 0 Å². The molecule has 5 nitrogen and oxygen atoms in total. The Kier molecular flexibility index (Phi) is 5.16. The Morgan fingerprint density at radius 3 is 2.12 bits per heavy atom. The molecule has 3 rings (SSSR count). The van der Waals surface area contributed by atoms with Crippen LogP contribution in [0.4, 0.5) is 0 Å². The molecular formula is C20H16N2O3. The normalized spacial score (nSPS) is 11.0. The highest BCUT2D eigenvalue weighted by molar-refractivity contribution is 6.12. The van der Waals surface area contributed by atoms with Gasteiger partial charge in [0.05, 0.1) is 12.7 Å². The topological polar surface area (TPSA) is 60.8 Å². The van der Waals surface area contributed by atoms with E-state index in [-0.39, 0.29) is 0 Å². The minimum Gasteiger partial charge on any atom is -0.497 e. The molecule has 0 saturated carbocycles. The van der Waals surface area contributed by atoms with Gasteiger partial charge in [-0.3, -0.25) is 4.98 Å². The van der Waals surface area contributed by atoms with E-state index in [1.54, 1.807) is 43.8 Å². The minimum atomic E-state index is -0.537. The van der Waals surface area contributed by atoms with Crippen LogP contribution in [0.1, 0.15) is 21.5 Å². The number of methoxy groups -OCH3 is 1. The van der Waals surface area contributed by atoms with Gasteiger partial charge in [0, 0.05) is 23.5 Å². The average Bonchev–Trinajstić information content (AvgIpc) is 2.70. The van der Waals surface area contributed by atoms with Gasteiger partial charge in [-0.05, 0) is 36.4 Å². The lowest BCUT2D eigenvalue weighted by molar-refractivity contribution is 0.0517. The number of benzene rings is 2. The third-order valence-corrected chi connectivity index (χ3v) is 3.55. The van der Waals surface area contributed by atoms with E-state index >= 15 is 0 Å². The van der Waals surface area contributed by atoms with Crippen molar-refractivity contribution in [1.29, 1.82) is 0 Å². The predicted molar refractivity (Wildman–Crippen MR) is 94.7 cm³/mol. The number of carbonyl (C=O) groups is 1. The number of hydrogen-bond acceptors (Lipinski definition) is 5. The molecule has 0 aliphatic rings. The van der Waals surface area contributed by atoms with Gasteiger partial charge in [-0.25, -0.2) is 4.79 Å². The summed E-state index contributed by atoms with van der Waals surface area (Å²) >= 11 is 0. The number of hydrogen-bond donors (Lipinski definition) is 0. The summed E-state index contributed by atoms with van der Waals surface area (Å²) in [4.78, 5) is 21.4. The molecule has 0 radical (unpaired) electrons. The summed E-state index contributed by atoms with van der Waals surface area (Å²) in [5.74, 6) is 0.131. The monoisotopic (exact) mass is 332 g/mol. The molecule has 0 spiro atoms. The fraction of sp³-hybridized carbons (Fsp3) is 0.0500. The first-order valence-electron chi connectivity index (χ1n) is 7.67. The molecule has 1 heterocycles. The number of pyridine rings is 1. The molecule has 1 aromatic heterocycles. The third kappa shape index (κ3) is 4.09. The smallest absolute Gasteiger partial charge is 0.365 e. The quantitative estimate of drug-likeness (QED) is 0.406. The highest BCUT2D eigenvalue weighted by atomic mass is 16.7. The van der Waals surface area contributed by atoms with E-state index in [1.807, 2.05) is 42.5 Å². The number of carbonyl (C=O) groups excluding carboxylic acids is 1. The zero-order chi connectivity index (χ0) is 17.5. The van der Waals surface area contributed by atoms with Gasteiger partial charge in [0.25, 0.3) is 0 Å². The standard InChI is InChI=1S/C20H16N2O3/c1-24-18-9-7-17(8-10-18)20(23)25-22-19(15-5-3-2-4-6-15)16-11-13-21-14-12-16/h2-14H,1H3/b22-19+. The van der Waals surface area contributed by atoms with Crippen molar-refractivity contribution < 1.29 is 14.4 Å². The minimum absolute atomic E-state index is 0.395. The van der Waals surface area contributed by atoms with Crippen LogP contribution in [0.2, 0.25) is 0 Å². The number of rotatable bonds is 5. The summed E-state index contributed by atoms with van der Waals surface area (Å²) in [5.41, 5.74) is 2.61. The lowest BCUT2D eigenvalue weighted by Gasteiger charge is -2.07. The Balaban J connectivity index is 1.87. The van der Waals surface area contributed by atoms with Crippen molar-refractivity contribution in [3.8, 4) is 5.75 Å². The molecule has 0 unspecified atom stereocenters. The van der Waals surface area contributed by atoms with Crippen LogP contribution in [0.15, 0.2) is 84.3 Å². The molecule has 0 atom stereocenters. The Labute approximate surface area is 145 Å². The van der Waals surface area contributed by atoms with Crippen LogP contribution in [-0.4, -0.2) is 23.8 Å². The van der Waals surface area contributed by atoms with E-state index in [4.69, 9.17) is 9.57 Å². The van der Waals surface area contributed by atoms with Gasteiger partial charge >= 0.3 is 5.97 Å². The molecule has 0 bridgehead atoms. The molecule has 2 aromatic carbocycles. The van der Waals surface area contributed by atoms with Crippen molar-refractivity contribution >= 4 is 11.7 Å². The number of oxime groups is 1. The van der Waals surface area contributed by atoms with Gasteiger partial charge in [0.1, 0.15) is 11.5 Å². The number of nitrogens with zero attached hydrogens (tertiary/aromatic N) is 2. The van der Waals surface area contributed by atoms with Gasteiger partial charge in [0.2, 0.25) is 0 Å². The van der Waals surface area contributed by atoms with Crippen LogP contribution in [0, 0.1) is 0 Å². The van der Waals surface area contributed by atoms with Crippen molar-refractivity contribution in [1.82, 2.24) is 4.98 Å². The highest BCUT2D eigenvalue weighted by Gasteiger charge is 2.11. The van der Waals surface area contributed by atoms with Gasteiger partial charge < -0.3 is 9.57 Å². The van der Waals surface area contributed by atoms with Crippen molar-refractivity contribution in [2.45, 2.75) is 0 Å². The average molecular weight is 332 g/mol. The maximum Gasteiger partial charge on any atom is 0.365 e. The van der Waals surface area contributed by atoms with E-state index in [0.29, 0.717) is 17.0 Å². The molecule has 5 heteroatoms. The fourth-order valence-corrected chi connectivity index (χ4v) is 2.24. The summed E-state index contributed by atoms with van der Waals surface area (Å²) in [6, 6.07) is 19.8. The van der Waals surface area contributed by atoms with Gasteiger partial charge in [-0.2, -0.15) is 0 Å². The van der Waals surface area contributed by atoms with Crippen molar-refractivity contribution in [3.63, 3.8) is 0 Å². The SMILES string of the molecule is COc1ccc(C(=O)O/N=C(\c2ccccc2)c2ccncc2)cc1. The molecule has 0 aliphatic carbocycles. The second-order valence-electron chi connectivity index (χ2n) is 5.15. The maximum absolute atomic E-state index is 12.2. The largest absolute Gasteiger partial charge is 0.497 e. The van der Waals surface area contributed by atoms with E-state index in [1.165, 1.54) is 0 Å². The molecular weight excluding hydrogens is 316 g/mol. The van der Waals surface area contributed by atoms with Crippen LogP contribution in [-0.2, 0) is 4.84 Å². The van der Waals surface area contributed by atoms with Crippen molar-refractivity contribution in [3.05, 3.63) is 95.8 Å². The van der Waals surface area contributed by atoms with Gasteiger partial charge in [0.15, 0.2) is 0 Å². The molecule has 0 aliphatic heterocycles. The molecule has 0 saturated heterocycles. The second-order valence-corrected chi connectivity index (χ2v) is 5.15. The molecule has 124 valence electrons. The van der Waals surface area contributed by atoms with E-state index in [0.717, 1.165) is 11.1 Å². The van der Waals surface area contributed by atoms with Gasteiger partial charge in [-0.1, -0.05) is 35.5 Å². The summed E-state index contributed by atoms with van der Waals surface area (Å²) in [6.07, 6.45) is 3.33. The number of ether oxygens (including phenoxy) is 1. The molecule has 3 aromatic rings. The first-order chi connectivity index (χ1) is 12.3. The summed E-state index contributed by atoms with van der Waals surface area (Å²) in [7, 11) is 1.57. The summed E-state index contributed by atoms with van der Waals surface area (Å²) in [5, 5.41) is 4.09. The van der Waals surface area contributed by atoms with E-state index in [2.05, 4.69) is 10.1 Å². The Hall–Kier alpha value is -3.47. The summed E-state index contributed by atoms with van der Waals surface area (Å²) in [6.45, 7) is 0. The zero-order valence-electron chi connectivity index (χ0n) is 13.6. The third-order valence-electron chi connectivity index (χ3n) is 3.55. The van der Waals surface area contributed by atoms with Crippen LogP contribution >= 0.6 is 0 Å². The van der Waals surface area contributed by atoms with E-state index in [9.17, 15) is 4.79 Å². The first kappa shape index (κ1) is 16.4. The maximum atomic E-state index is 12.2. The van der Waals surface area contributed by atoms with Crippen molar-refractivity contribution in [2.24, 2.45) is 5.16 Å². The van der Waals surface area contributed by atoms with Crippen LogP contribution in [0.25, 0.3) is 0 Å². The highest BCUT2D eigenvalue weighted by Crippen LogP contribution is 2.14. The Morgan fingerprint density at radius 1 is 0.840 bits per heavy atom. The molecule has 0 amide bonds.